The molecule has 11 heteroatoms. The second kappa shape index (κ2) is 7.60. The molecular weight excluding hydrogens is 518 g/mol. The molecule has 0 aliphatic heterocycles. The Morgan fingerprint density at radius 3 is 1.67 bits per heavy atom. The van der Waals surface area contributed by atoms with Crippen molar-refractivity contribution < 1.29 is 39.5 Å². The highest BCUT2D eigenvalue weighted by Crippen LogP contribution is 2.58. The lowest BCUT2D eigenvalue weighted by Crippen LogP contribution is -2.64. The zero-order valence-corrected chi connectivity index (χ0v) is 17.5. The highest BCUT2D eigenvalue weighted by atomic mass is 127. The number of hydrogen-bond donors (Lipinski definition) is 0. The van der Waals surface area contributed by atoms with Crippen molar-refractivity contribution in [2.24, 2.45) is 0 Å². The van der Waals surface area contributed by atoms with Gasteiger partial charge in [-0.05, 0) is 28.2 Å². The van der Waals surface area contributed by atoms with E-state index in [1.54, 1.807) is 28.7 Å². The monoisotopic (exact) mass is 534 g/mol. The van der Waals surface area contributed by atoms with E-state index in [1.807, 2.05) is 0 Å². The van der Waals surface area contributed by atoms with Crippen LogP contribution in [0, 0.1) is 0 Å². The van der Waals surface area contributed by atoms with Crippen molar-refractivity contribution in [3.05, 3.63) is 42.0 Å². The minimum Gasteiger partial charge on any atom is -0.199 e. The Kier molecular flexibility index (Phi) is 6.84. The molecule has 1 unspecified atom stereocenters. The number of benzene rings is 1. The van der Waals surface area contributed by atoms with Crippen LogP contribution < -0.4 is 0 Å². The van der Waals surface area contributed by atoms with Crippen molar-refractivity contribution in [1.29, 1.82) is 0 Å². The third-order valence-electron chi connectivity index (χ3n) is 3.86. The maximum absolute atomic E-state index is 14.5. The number of hydrogen-bond acceptors (Lipinski definition) is 0. The molecule has 27 heavy (non-hydrogen) atoms. The summed E-state index contributed by atoms with van der Waals surface area (Å²) in [4.78, 5) is 0. The summed E-state index contributed by atoms with van der Waals surface area (Å²) in [6.07, 6.45) is -6.15. The molecule has 0 aromatic heterocycles. The maximum atomic E-state index is 14.5. The summed E-state index contributed by atoms with van der Waals surface area (Å²) in [5.41, 5.74) is -2.12. The fourth-order valence-corrected chi connectivity index (χ4v) is 5.32. The van der Waals surface area contributed by atoms with Gasteiger partial charge in [0.05, 0.1) is 8.07 Å². The highest BCUT2D eigenvalue weighted by molar-refractivity contribution is 14.1. The molecule has 0 radical (unpaired) electrons. The van der Waals surface area contributed by atoms with Crippen LogP contribution in [0.1, 0.15) is 5.56 Å². The minimum atomic E-state index is -6.88. The van der Waals surface area contributed by atoms with E-state index in [-0.39, 0.29) is 3.58 Å². The Labute approximate surface area is 165 Å². The van der Waals surface area contributed by atoms with Crippen LogP contribution in [-0.4, -0.2) is 32.0 Å². The molecule has 1 aromatic carbocycles. The standard InChI is InChI=1S/C16H16F9ISi/c1-27(2,3)12(9-11(26)10-7-5-4-6-8-10)13(17,18)14(19,20)15(21,22)16(23,24)25/h4-9,12H,1-3H3/b11-9-. The van der Waals surface area contributed by atoms with Gasteiger partial charge in [-0.15, -0.1) is 0 Å². The lowest BCUT2D eigenvalue weighted by molar-refractivity contribution is -0.395. The second-order valence-corrected chi connectivity index (χ2v) is 13.5. The van der Waals surface area contributed by atoms with Crippen LogP contribution in [0.25, 0.3) is 3.58 Å². The molecule has 0 saturated carbocycles. The van der Waals surface area contributed by atoms with Gasteiger partial charge < -0.3 is 0 Å². The summed E-state index contributed by atoms with van der Waals surface area (Å²) in [5.74, 6) is -19.1. The maximum Gasteiger partial charge on any atom is 0.460 e. The van der Waals surface area contributed by atoms with E-state index in [1.165, 1.54) is 43.9 Å². The van der Waals surface area contributed by atoms with Gasteiger partial charge in [0.25, 0.3) is 0 Å². The molecular formula is C16H16F9ISi. The van der Waals surface area contributed by atoms with Crippen molar-refractivity contribution in [1.82, 2.24) is 0 Å². The van der Waals surface area contributed by atoms with E-state index in [0.717, 1.165) is 0 Å². The number of allylic oxidation sites excluding steroid dienone is 1. The van der Waals surface area contributed by atoms with Crippen molar-refractivity contribution >= 4 is 34.2 Å². The molecule has 0 aliphatic rings. The summed E-state index contributed by atoms with van der Waals surface area (Å²) in [7, 11) is -3.38. The van der Waals surface area contributed by atoms with Gasteiger partial charge in [-0.25, -0.2) is 0 Å². The Bertz CT molecular complexity index is 675. The third kappa shape index (κ3) is 4.65. The number of rotatable bonds is 6. The molecule has 1 rings (SSSR count). The van der Waals surface area contributed by atoms with E-state index in [4.69, 9.17) is 0 Å². The second-order valence-electron chi connectivity index (χ2n) is 6.99. The van der Waals surface area contributed by atoms with Gasteiger partial charge in [0, 0.05) is 9.12 Å². The first kappa shape index (κ1) is 24.3. The molecule has 0 saturated heterocycles. The summed E-state index contributed by atoms with van der Waals surface area (Å²) < 4.78 is 120. The number of alkyl halides is 9. The van der Waals surface area contributed by atoms with Crippen molar-refractivity contribution in [2.75, 3.05) is 0 Å². The molecule has 0 fully saturated rings. The fourth-order valence-electron chi connectivity index (χ4n) is 2.32. The third-order valence-corrected chi connectivity index (χ3v) is 7.23. The van der Waals surface area contributed by atoms with Crippen molar-refractivity contribution in [3.8, 4) is 0 Å². The summed E-state index contributed by atoms with van der Waals surface area (Å²) in [5, 5.41) is 0. The first-order valence-corrected chi connectivity index (χ1v) is 12.2. The van der Waals surface area contributed by atoms with E-state index >= 15 is 0 Å². The largest absolute Gasteiger partial charge is 0.460 e. The Balaban J connectivity index is 3.55. The molecule has 0 bridgehead atoms. The van der Waals surface area contributed by atoms with Gasteiger partial charge >= 0.3 is 23.9 Å². The molecule has 1 atom stereocenters. The normalized spacial score (nSPS) is 16.4. The van der Waals surface area contributed by atoms with Crippen LogP contribution in [-0.2, 0) is 0 Å². The van der Waals surface area contributed by atoms with Gasteiger partial charge in [-0.3, -0.25) is 0 Å². The summed E-state index contributed by atoms with van der Waals surface area (Å²) in [6, 6.07) is 7.63. The molecule has 0 N–H and O–H groups in total. The Morgan fingerprint density at radius 1 is 0.852 bits per heavy atom. The van der Waals surface area contributed by atoms with Gasteiger partial charge in [-0.1, -0.05) is 56.0 Å². The highest BCUT2D eigenvalue weighted by Gasteiger charge is 2.83. The summed E-state index contributed by atoms with van der Waals surface area (Å²) in [6.45, 7) is 3.58. The topological polar surface area (TPSA) is 0 Å². The molecule has 154 valence electrons. The molecule has 0 aliphatic carbocycles. The van der Waals surface area contributed by atoms with E-state index in [0.29, 0.717) is 11.6 Å². The van der Waals surface area contributed by atoms with Crippen molar-refractivity contribution in [3.63, 3.8) is 0 Å². The van der Waals surface area contributed by atoms with Crippen molar-refractivity contribution in [2.45, 2.75) is 49.1 Å². The average molecular weight is 534 g/mol. The molecule has 0 heterocycles. The van der Waals surface area contributed by atoms with Gasteiger partial charge in [0.1, 0.15) is 0 Å². The predicted octanol–water partition coefficient (Wildman–Crippen LogP) is 7.64. The van der Waals surface area contributed by atoms with Crippen LogP contribution in [0.3, 0.4) is 0 Å². The lowest BCUT2D eigenvalue weighted by atomic mass is 10.00. The van der Waals surface area contributed by atoms with Crippen LogP contribution in [0.2, 0.25) is 25.2 Å². The molecule has 0 nitrogen and oxygen atoms in total. The summed E-state index contributed by atoms with van der Waals surface area (Å²) >= 11 is 1.56. The molecule has 1 aromatic rings. The quantitative estimate of drug-likeness (QED) is 0.200. The minimum absolute atomic E-state index is 0.0476. The van der Waals surface area contributed by atoms with Gasteiger partial charge in [-0.2, -0.15) is 39.5 Å². The zero-order valence-electron chi connectivity index (χ0n) is 14.3. The Hall–Kier alpha value is -0.723. The van der Waals surface area contributed by atoms with Gasteiger partial charge in [0.2, 0.25) is 0 Å². The SMILES string of the molecule is C[Si](C)(C)C(/C=C(\I)c1ccccc1)C(F)(F)C(F)(F)C(F)(F)C(F)(F)F. The smallest absolute Gasteiger partial charge is 0.199 e. The fraction of sp³-hybridized carbons (Fsp3) is 0.500. The van der Waals surface area contributed by atoms with E-state index in [9.17, 15) is 39.5 Å². The van der Waals surface area contributed by atoms with E-state index < -0.39 is 37.6 Å². The first-order chi connectivity index (χ1) is 11.9. The number of halogens is 10. The molecule has 0 spiro atoms. The van der Waals surface area contributed by atoms with Crippen LogP contribution in [0.5, 0.6) is 0 Å². The van der Waals surface area contributed by atoms with Crippen LogP contribution in [0.15, 0.2) is 36.4 Å². The van der Waals surface area contributed by atoms with E-state index in [2.05, 4.69) is 0 Å². The first-order valence-electron chi connectivity index (χ1n) is 7.50. The predicted molar refractivity (Wildman–Crippen MR) is 96.4 cm³/mol. The zero-order chi connectivity index (χ0) is 21.5. The lowest BCUT2D eigenvalue weighted by Gasteiger charge is -2.41. The van der Waals surface area contributed by atoms with Gasteiger partial charge in [0.15, 0.2) is 0 Å². The van der Waals surface area contributed by atoms with Crippen LogP contribution >= 0.6 is 22.6 Å². The molecule has 0 amide bonds. The average Bonchev–Trinajstić information content (AvgIpc) is 2.50. The Morgan fingerprint density at radius 2 is 1.30 bits per heavy atom. The van der Waals surface area contributed by atoms with Crippen LogP contribution in [0.4, 0.5) is 39.5 Å².